The number of carbonyl (C=O) groups excluding carboxylic acids is 4. The van der Waals surface area contributed by atoms with Crippen LogP contribution in [-0.4, -0.2) is 109 Å². The Labute approximate surface area is 375 Å². The maximum absolute atomic E-state index is 14.7. The van der Waals surface area contributed by atoms with Crippen LogP contribution in [0.5, 0.6) is 5.88 Å². The number of pyridine rings is 1. The Morgan fingerprint density at radius 2 is 1.78 bits per heavy atom. The van der Waals surface area contributed by atoms with E-state index in [2.05, 4.69) is 19.9 Å². The van der Waals surface area contributed by atoms with E-state index in [0.717, 1.165) is 43.1 Å². The molecule has 2 saturated heterocycles. The van der Waals surface area contributed by atoms with Crippen LogP contribution < -0.4 is 25.4 Å². The average molecular weight is 917 g/mol. The molecule has 15 nitrogen and oxygen atoms in total. The zero-order chi connectivity index (χ0) is 46.6. The number of anilines is 1. The number of alkyl carbamates (subject to hydrolysis) is 1. The van der Waals surface area contributed by atoms with Gasteiger partial charge < -0.3 is 35.1 Å². The van der Waals surface area contributed by atoms with Gasteiger partial charge in [0.15, 0.2) is 5.60 Å². The summed E-state index contributed by atoms with van der Waals surface area (Å²) in [6.45, 7) is 10.9. The number of benzene rings is 1. The number of amides is 4. The van der Waals surface area contributed by atoms with E-state index in [4.69, 9.17) is 19.9 Å². The third kappa shape index (κ3) is 11.3. The van der Waals surface area contributed by atoms with Gasteiger partial charge in [-0.05, 0) is 89.5 Å². The number of carbonyl (C=O) groups is 4. The van der Waals surface area contributed by atoms with E-state index in [9.17, 15) is 36.4 Å². The monoisotopic (exact) mass is 916 g/mol. The number of morpholine rings is 1. The minimum atomic E-state index is -3.73. The smallest absolute Gasteiger partial charge is 0.408 e. The molecular weight excluding hydrogens is 851 g/mol. The van der Waals surface area contributed by atoms with Crippen molar-refractivity contribution in [1.29, 1.82) is 0 Å². The van der Waals surface area contributed by atoms with Gasteiger partial charge in [0.2, 0.25) is 33.6 Å². The first-order chi connectivity index (χ1) is 30.1. The predicted molar refractivity (Wildman–Crippen MR) is 238 cm³/mol. The van der Waals surface area contributed by atoms with E-state index in [-0.39, 0.29) is 24.8 Å². The molecule has 0 spiro atoms. The Bertz CT molecular complexity index is 2160. The van der Waals surface area contributed by atoms with Crippen molar-refractivity contribution in [3.63, 3.8) is 0 Å². The van der Waals surface area contributed by atoms with Gasteiger partial charge in [-0.15, -0.1) is 0 Å². The lowest BCUT2D eigenvalue weighted by Crippen LogP contribution is -2.57. The van der Waals surface area contributed by atoms with Gasteiger partial charge in [-0.2, -0.15) is 0 Å². The number of hydrogen-bond acceptors (Lipinski definition) is 11. The molecule has 4 amide bonds. The second-order valence-corrected chi connectivity index (χ2v) is 21.2. The molecule has 0 radical (unpaired) electrons. The van der Waals surface area contributed by atoms with Gasteiger partial charge in [0.25, 0.3) is 5.92 Å². The first-order valence-electron chi connectivity index (χ1n) is 22.7. The summed E-state index contributed by atoms with van der Waals surface area (Å²) in [5, 5.41) is 4.29. The van der Waals surface area contributed by atoms with Crippen molar-refractivity contribution in [2.45, 2.75) is 140 Å². The van der Waals surface area contributed by atoms with Crippen LogP contribution in [0.1, 0.15) is 106 Å². The summed E-state index contributed by atoms with van der Waals surface area (Å²) in [5.41, 5.74) is 4.64. The zero-order valence-corrected chi connectivity index (χ0v) is 38.8. The van der Waals surface area contributed by atoms with E-state index in [0.29, 0.717) is 84.1 Å². The summed E-state index contributed by atoms with van der Waals surface area (Å²) in [4.78, 5) is 62.4. The van der Waals surface area contributed by atoms with Gasteiger partial charge in [-0.1, -0.05) is 57.0 Å². The van der Waals surface area contributed by atoms with Gasteiger partial charge >= 0.3 is 6.09 Å². The Kier molecular flexibility index (Phi) is 15.2. The molecule has 2 saturated carbocycles. The number of hydrogen-bond donors (Lipinski definition) is 3. The lowest BCUT2D eigenvalue weighted by Gasteiger charge is -2.35. The fourth-order valence-corrected chi connectivity index (χ4v) is 10.3. The Balaban J connectivity index is 1.15. The maximum Gasteiger partial charge on any atom is 0.408 e. The minimum Gasteiger partial charge on any atom is -0.472 e. The molecule has 1 unspecified atom stereocenters. The molecule has 64 heavy (non-hydrogen) atoms. The molecule has 3 heterocycles. The van der Waals surface area contributed by atoms with E-state index >= 15 is 0 Å². The highest BCUT2D eigenvalue weighted by Crippen LogP contribution is 2.43. The number of likely N-dealkylation sites (tertiary alicyclic amines) is 1. The van der Waals surface area contributed by atoms with Crippen LogP contribution in [0.25, 0.3) is 10.8 Å². The van der Waals surface area contributed by atoms with Crippen molar-refractivity contribution in [1.82, 2.24) is 19.9 Å². The largest absolute Gasteiger partial charge is 0.472 e. The predicted octanol–water partition coefficient (Wildman–Crippen LogP) is 6.24. The third-order valence-corrected chi connectivity index (χ3v) is 16.0. The molecule has 1 aromatic heterocycles. The average Bonchev–Trinajstić information content (AvgIpc) is 3.62. The second kappa shape index (κ2) is 19.9. The molecule has 354 valence electrons. The van der Waals surface area contributed by atoms with Crippen LogP contribution >= 0.6 is 0 Å². The van der Waals surface area contributed by atoms with E-state index < -0.39 is 80.1 Å². The number of primary amides is 1. The van der Waals surface area contributed by atoms with Crippen molar-refractivity contribution in [2.75, 3.05) is 37.7 Å². The molecular formula is C46H66F2N6O9S. The van der Waals surface area contributed by atoms with Crippen LogP contribution in [0.15, 0.2) is 42.6 Å². The topological polar surface area (TPSA) is 200 Å². The third-order valence-electron chi connectivity index (χ3n) is 13.8. The Morgan fingerprint density at radius 1 is 1.09 bits per heavy atom. The fourth-order valence-electron chi connectivity index (χ4n) is 9.04. The van der Waals surface area contributed by atoms with E-state index in [1.165, 1.54) is 4.90 Å². The summed E-state index contributed by atoms with van der Waals surface area (Å²) >= 11 is 0. The van der Waals surface area contributed by atoms with Crippen molar-refractivity contribution in [3.8, 4) is 5.88 Å². The van der Waals surface area contributed by atoms with Crippen LogP contribution in [0, 0.1) is 23.7 Å². The van der Waals surface area contributed by atoms with Crippen LogP contribution in [0.4, 0.5) is 19.3 Å². The molecule has 2 aliphatic carbocycles. The number of nitrogens with one attached hydrogen (secondary N) is 2. The number of nitrogens with two attached hydrogens (primary N) is 1. The molecule has 1 aromatic carbocycles. The first-order valence-corrected chi connectivity index (χ1v) is 24.2. The van der Waals surface area contributed by atoms with Gasteiger partial charge in [0.1, 0.15) is 18.2 Å². The molecule has 4 N–H and O–H groups in total. The summed E-state index contributed by atoms with van der Waals surface area (Å²) in [7, 11) is -3.73. The Morgan fingerprint density at radius 3 is 2.42 bits per heavy atom. The highest BCUT2D eigenvalue weighted by atomic mass is 32.2. The number of halogens is 2. The molecule has 7 atom stereocenters. The quantitative estimate of drug-likeness (QED) is 0.135. The normalized spacial score (nSPS) is 24.0. The minimum absolute atomic E-state index is 0.00706. The summed E-state index contributed by atoms with van der Waals surface area (Å²) in [5.74, 6) is -5.92. The number of alkyl halides is 2. The number of rotatable bonds is 19. The molecule has 6 rings (SSSR count). The lowest BCUT2D eigenvalue weighted by molar-refractivity contribution is -0.152. The number of ether oxygens (including phenoxy) is 3. The molecule has 18 heteroatoms. The maximum atomic E-state index is 14.7. The summed E-state index contributed by atoms with van der Waals surface area (Å²) in [6.07, 6.45) is 9.35. The van der Waals surface area contributed by atoms with Gasteiger partial charge in [0.05, 0.1) is 36.4 Å². The number of nitrogens with zero attached hydrogens (tertiary/aromatic N) is 3. The van der Waals surface area contributed by atoms with Crippen LogP contribution in [0.3, 0.4) is 0 Å². The number of fused-ring (bicyclic) bond motifs is 1. The SMILES string of the molecule is CC[C@H](C[C@H](C)CC/C=C\[C@@H]1CCCC1C(=O)NS(=O)(=O)C1(C)CC1)[C@H](NC(=O)OC(C)(C)C(C)(F)F)C(=O)N1C[C@H](Oc2ncc(N3CCOCC3)c3ccccc23)C[C@H]1C(N)=O. The standard InChI is InChI=1S/C46H66F2N6O9S/c1-7-30(25-29(2)13-8-9-14-31-15-12-18-33(31)40(56)52-64(59,60)45(5)19-20-45)38(51-43(58)63-44(3,4)46(6,47)48)42(57)54-28-32(26-36(54)39(49)55)62-41-35-17-11-10-16-34(35)37(27-50-41)53-21-23-61-24-22-53/h9-11,14,16-17,27,29-33,36,38H,7-8,12-13,15,18-26,28H2,1-6H3,(H2,49,55)(H,51,58)(H,52,56)/b14-9-/t29-,30-,31-,32-,33?,36+,38+/m1/s1. The zero-order valence-electron chi connectivity index (χ0n) is 37.9. The van der Waals surface area contributed by atoms with Crippen molar-refractivity contribution < 1.29 is 50.6 Å². The molecule has 0 bridgehead atoms. The first kappa shape index (κ1) is 48.9. The van der Waals surface area contributed by atoms with Gasteiger partial charge in [0, 0.05) is 43.1 Å². The van der Waals surface area contributed by atoms with Crippen molar-refractivity contribution in [3.05, 3.63) is 42.6 Å². The van der Waals surface area contributed by atoms with Crippen molar-refractivity contribution in [2.24, 2.45) is 29.4 Å². The van der Waals surface area contributed by atoms with Crippen LogP contribution in [-0.2, 0) is 33.9 Å². The Hall–Kier alpha value is -4.58. The summed E-state index contributed by atoms with van der Waals surface area (Å²) < 4.78 is 73.1. The molecule has 2 aliphatic heterocycles. The molecule has 4 fully saturated rings. The van der Waals surface area contributed by atoms with Crippen molar-refractivity contribution >= 4 is 50.3 Å². The van der Waals surface area contributed by atoms with Gasteiger partial charge in [-0.25, -0.2) is 27.0 Å². The van der Waals surface area contributed by atoms with E-state index in [1.54, 1.807) is 13.1 Å². The second-order valence-electron chi connectivity index (χ2n) is 19.0. The number of allylic oxidation sites excluding steroid dienone is 2. The highest BCUT2D eigenvalue weighted by molar-refractivity contribution is 7.91. The van der Waals surface area contributed by atoms with Crippen LogP contribution in [0.2, 0.25) is 0 Å². The number of sulfonamides is 1. The molecule has 2 aromatic rings. The summed E-state index contributed by atoms with van der Waals surface area (Å²) in [6, 6.07) is 5.33. The highest BCUT2D eigenvalue weighted by Gasteiger charge is 2.52. The lowest BCUT2D eigenvalue weighted by atomic mass is 9.84. The van der Waals surface area contributed by atoms with E-state index in [1.807, 2.05) is 50.3 Å². The number of aromatic nitrogens is 1. The van der Waals surface area contributed by atoms with Gasteiger partial charge in [-0.3, -0.25) is 19.1 Å². The fraction of sp³-hybridized carbons (Fsp3) is 0.674. The molecule has 4 aliphatic rings.